The summed E-state index contributed by atoms with van der Waals surface area (Å²) in [5.74, 6) is -1.15. The molecule has 0 fully saturated rings. The molecule has 2 aromatic rings. The van der Waals surface area contributed by atoms with Crippen molar-refractivity contribution >= 4 is 23.1 Å². The van der Waals surface area contributed by atoms with Crippen molar-refractivity contribution in [3.05, 3.63) is 66.2 Å². The summed E-state index contributed by atoms with van der Waals surface area (Å²) in [5.41, 5.74) is 6.11. The minimum atomic E-state index is -1.19. The Morgan fingerprint density at radius 1 is 1.04 bits per heavy atom. The lowest BCUT2D eigenvalue weighted by atomic mass is 10.1. The first-order chi connectivity index (χ1) is 11.1. The zero-order valence-electron chi connectivity index (χ0n) is 12.4. The number of hydrogen-bond acceptors (Lipinski definition) is 4. The molecular weight excluding hydrogens is 296 g/mol. The number of ether oxygens (including phenoxy) is 1. The fourth-order valence-corrected chi connectivity index (χ4v) is 1.86. The average Bonchev–Trinajstić information content (AvgIpc) is 2.58. The number of amides is 1. The molecule has 3 N–H and O–H groups in total. The molecule has 0 saturated heterocycles. The minimum Gasteiger partial charge on any atom is -0.497 e. The van der Waals surface area contributed by atoms with Crippen molar-refractivity contribution in [1.29, 1.82) is 0 Å². The Bertz CT molecular complexity index is 709. The van der Waals surface area contributed by atoms with Crippen LogP contribution in [-0.2, 0) is 9.59 Å². The van der Waals surface area contributed by atoms with Gasteiger partial charge < -0.3 is 9.84 Å². The summed E-state index contributed by atoms with van der Waals surface area (Å²) in [4.78, 5) is 23.3. The maximum absolute atomic E-state index is 11.9. The summed E-state index contributed by atoms with van der Waals surface area (Å²) >= 11 is 0. The highest BCUT2D eigenvalue weighted by molar-refractivity contribution is 6.20. The second-order valence-electron chi connectivity index (χ2n) is 4.57. The van der Waals surface area contributed by atoms with Crippen molar-refractivity contribution in [2.75, 3.05) is 12.5 Å². The smallest absolute Gasteiger partial charge is 0.336 e. The van der Waals surface area contributed by atoms with E-state index < -0.39 is 11.9 Å². The van der Waals surface area contributed by atoms with Gasteiger partial charge in [0.2, 0.25) is 0 Å². The quantitative estimate of drug-likeness (QED) is 0.563. The number of rotatable bonds is 6. The lowest BCUT2D eigenvalue weighted by molar-refractivity contribution is -0.130. The summed E-state index contributed by atoms with van der Waals surface area (Å²) < 4.78 is 5.02. The van der Waals surface area contributed by atoms with E-state index in [0.717, 1.165) is 6.08 Å². The molecule has 0 atom stereocenters. The molecule has 6 nitrogen and oxygen atoms in total. The molecule has 0 spiro atoms. The van der Waals surface area contributed by atoms with Gasteiger partial charge in [-0.15, -0.1) is 0 Å². The third-order valence-electron chi connectivity index (χ3n) is 3.01. The van der Waals surface area contributed by atoms with Gasteiger partial charge in [-0.2, -0.15) is 0 Å². The molecule has 0 radical (unpaired) electrons. The Balaban J connectivity index is 2.11. The summed E-state index contributed by atoms with van der Waals surface area (Å²) in [7, 11) is 1.52. The fourth-order valence-electron chi connectivity index (χ4n) is 1.86. The largest absolute Gasteiger partial charge is 0.497 e. The molecule has 0 aliphatic rings. The van der Waals surface area contributed by atoms with Crippen LogP contribution in [0.4, 0.5) is 5.69 Å². The van der Waals surface area contributed by atoms with Crippen LogP contribution in [0.2, 0.25) is 0 Å². The number of anilines is 1. The number of carboxylic acids is 1. The van der Waals surface area contributed by atoms with E-state index in [0.29, 0.717) is 17.0 Å². The first-order valence-electron chi connectivity index (χ1n) is 6.80. The van der Waals surface area contributed by atoms with Crippen LogP contribution in [0.3, 0.4) is 0 Å². The van der Waals surface area contributed by atoms with Gasteiger partial charge in [0.05, 0.1) is 18.4 Å². The van der Waals surface area contributed by atoms with Crippen LogP contribution in [0, 0.1) is 0 Å². The van der Waals surface area contributed by atoms with E-state index in [9.17, 15) is 14.7 Å². The monoisotopic (exact) mass is 312 g/mol. The zero-order chi connectivity index (χ0) is 16.7. The van der Waals surface area contributed by atoms with Gasteiger partial charge in [0, 0.05) is 6.08 Å². The lowest BCUT2D eigenvalue weighted by Crippen LogP contribution is -2.28. The summed E-state index contributed by atoms with van der Waals surface area (Å²) in [6, 6.07) is 15.4. The molecule has 0 aromatic heterocycles. The molecule has 0 unspecified atom stereocenters. The van der Waals surface area contributed by atoms with Gasteiger partial charge in [-0.3, -0.25) is 15.6 Å². The highest BCUT2D eigenvalue weighted by Gasteiger charge is 2.12. The third kappa shape index (κ3) is 4.60. The maximum atomic E-state index is 11.9. The number of hydrazine groups is 1. The van der Waals surface area contributed by atoms with Crippen LogP contribution < -0.4 is 15.6 Å². The molecule has 0 aliphatic heterocycles. The molecule has 6 heteroatoms. The van der Waals surface area contributed by atoms with Crippen molar-refractivity contribution in [3.8, 4) is 5.75 Å². The number of hydrogen-bond donors (Lipinski definition) is 3. The Labute approximate surface area is 133 Å². The molecule has 0 bridgehead atoms. The normalized spacial score (nSPS) is 10.7. The summed E-state index contributed by atoms with van der Waals surface area (Å²) in [6.45, 7) is 0. The van der Waals surface area contributed by atoms with Gasteiger partial charge in [-0.05, 0) is 29.8 Å². The molecule has 23 heavy (non-hydrogen) atoms. The van der Waals surface area contributed by atoms with E-state index in [-0.39, 0.29) is 5.57 Å². The fraction of sp³-hybridized carbons (Fsp3) is 0.0588. The third-order valence-corrected chi connectivity index (χ3v) is 3.01. The predicted molar refractivity (Wildman–Crippen MR) is 86.8 cm³/mol. The van der Waals surface area contributed by atoms with Gasteiger partial charge in [0.1, 0.15) is 5.75 Å². The van der Waals surface area contributed by atoms with Crippen LogP contribution in [0.25, 0.3) is 5.57 Å². The van der Waals surface area contributed by atoms with Crippen LogP contribution in [0.1, 0.15) is 5.56 Å². The first-order valence-corrected chi connectivity index (χ1v) is 6.80. The number of aliphatic carboxylic acids is 1. The number of carboxylic acid groups (broad SMARTS) is 1. The van der Waals surface area contributed by atoms with Crippen molar-refractivity contribution in [1.82, 2.24) is 5.43 Å². The van der Waals surface area contributed by atoms with E-state index in [1.165, 1.54) is 7.11 Å². The average molecular weight is 312 g/mol. The van der Waals surface area contributed by atoms with Crippen molar-refractivity contribution in [2.45, 2.75) is 0 Å². The molecule has 0 heterocycles. The number of nitrogens with one attached hydrogen (secondary N) is 2. The highest BCUT2D eigenvalue weighted by atomic mass is 16.5. The van der Waals surface area contributed by atoms with E-state index >= 15 is 0 Å². The number of para-hydroxylation sites is 1. The SMILES string of the molecule is COc1ccc(C(=CC(=O)NNc2ccccc2)C(=O)O)cc1. The van der Waals surface area contributed by atoms with Gasteiger partial charge >= 0.3 is 5.97 Å². The zero-order valence-corrected chi connectivity index (χ0v) is 12.4. The van der Waals surface area contributed by atoms with E-state index in [1.54, 1.807) is 36.4 Å². The van der Waals surface area contributed by atoms with Crippen LogP contribution in [-0.4, -0.2) is 24.1 Å². The number of carbonyl (C=O) groups excluding carboxylic acids is 1. The minimum absolute atomic E-state index is 0.111. The van der Waals surface area contributed by atoms with E-state index in [4.69, 9.17) is 4.74 Å². The van der Waals surface area contributed by atoms with Crippen LogP contribution >= 0.6 is 0 Å². The molecule has 2 aromatic carbocycles. The predicted octanol–water partition coefficient (Wildman–Crippen LogP) is 2.31. The molecule has 118 valence electrons. The first kappa shape index (κ1) is 16.1. The second-order valence-corrected chi connectivity index (χ2v) is 4.57. The Hall–Kier alpha value is -3.28. The van der Waals surface area contributed by atoms with Crippen LogP contribution in [0.5, 0.6) is 5.75 Å². The van der Waals surface area contributed by atoms with Gasteiger partial charge in [0.25, 0.3) is 5.91 Å². The molecule has 0 saturated carbocycles. The van der Waals surface area contributed by atoms with Gasteiger partial charge in [0.15, 0.2) is 0 Å². The Morgan fingerprint density at radius 3 is 2.26 bits per heavy atom. The molecular formula is C17H16N2O4. The van der Waals surface area contributed by atoms with E-state index in [2.05, 4.69) is 10.9 Å². The summed E-state index contributed by atoms with van der Waals surface area (Å²) in [5, 5.41) is 9.29. The van der Waals surface area contributed by atoms with Gasteiger partial charge in [-0.1, -0.05) is 30.3 Å². The van der Waals surface area contributed by atoms with Crippen LogP contribution in [0.15, 0.2) is 60.7 Å². The Kier molecular flexibility index (Phi) is 5.35. The number of carbonyl (C=O) groups is 2. The van der Waals surface area contributed by atoms with Crippen molar-refractivity contribution in [2.24, 2.45) is 0 Å². The number of benzene rings is 2. The van der Waals surface area contributed by atoms with Gasteiger partial charge in [-0.25, -0.2) is 4.79 Å². The number of methoxy groups -OCH3 is 1. The lowest BCUT2D eigenvalue weighted by Gasteiger charge is -2.08. The second kappa shape index (κ2) is 7.65. The molecule has 2 rings (SSSR count). The topological polar surface area (TPSA) is 87.7 Å². The molecule has 0 aliphatic carbocycles. The van der Waals surface area contributed by atoms with E-state index in [1.807, 2.05) is 18.2 Å². The Morgan fingerprint density at radius 2 is 1.70 bits per heavy atom. The van der Waals surface area contributed by atoms with Crippen molar-refractivity contribution in [3.63, 3.8) is 0 Å². The molecule has 1 amide bonds. The maximum Gasteiger partial charge on any atom is 0.336 e. The highest BCUT2D eigenvalue weighted by Crippen LogP contribution is 2.18. The summed E-state index contributed by atoms with van der Waals surface area (Å²) in [6.07, 6.45) is 1.03. The van der Waals surface area contributed by atoms with Crippen molar-refractivity contribution < 1.29 is 19.4 Å². The standard InChI is InChI=1S/C17H16N2O4/c1-23-14-9-7-12(8-10-14)15(17(21)22)11-16(20)19-18-13-5-3-2-4-6-13/h2-11,18H,1H3,(H,19,20)(H,21,22).